The average Bonchev–Trinajstić information content (AvgIpc) is 2.73. The van der Waals surface area contributed by atoms with Crippen molar-refractivity contribution in [3.05, 3.63) is 30.0 Å². The van der Waals surface area contributed by atoms with Crippen LogP contribution in [-0.2, 0) is 23.1 Å². The second-order valence-electron chi connectivity index (χ2n) is 4.68. The Bertz CT molecular complexity index is 594. The maximum atomic E-state index is 10.9. The molecule has 1 aromatic heterocycles. The molecule has 0 fully saturated rings. The summed E-state index contributed by atoms with van der Waals surface area (Å²) in [7, 11) is 3.50. The largest absolute Gasteiger partial charge is 0.480 e. The third-order valence-electron chi connectivity index (χ3n) is 3.18. The Hall–Kier alpha value is -1.92. The smallest absolute Gasteiger partial charge is 0.317 e. The van der Waals surface area contributed by atoms with Crippen LogP contribution in [0.25, 0.3) is 10.9 Å². The number of hydrogen-bond donors (Lipinski definition) is 1. The molecule has 0 aliphatic rings. The number of para-hydroxylation sites is 1. The highest BCUT2D eigenvalue weighted by atomic mass is 16.5. The lowest BCUT2D eigenvalue weighted by Gasteiger charge is -2.18. The van der Waals surface area contributed by atoms with Crippen LogP contribution in [0.2, 0.25) is 0 Å². The van der Waals surface area contributed by atoms with Gasteiger partial charge in [0.05, 0.1) is 24.4 Å². The first-order valence-corrected chi connectivity index (χ1v) is 6.45. The number of fused-ring (bicyclic) bond motifs is 1. The topological polar surface area (TPSA) is 67.6 Å². The summed E-state index contributed by atoms with van der Waals surface area (Å²) in [5, 5.41) is 14.5. The van der Waals surface area contributed by atoms with Gasteiger partial charge < -0.3 is 9.84 Å². The number of rotatable bonds is 7. The van der Waals surface area contributed by atoms with E-state index in [1.54, 1.807) is 7.11 Å². The monoisotopic (exact) mass is 277 g/mol. The molecule has 0 amide bonds. The first-order valence-electron chi connectivity index (χ1n) is 6.45. The number of hydrogen-bond acceptors (Lipinski definition) is 4. The van der Waals surface area contributed by atoms with Crippen molar-refractivity contribution >= 4 is 16.9 Å². The predicted octanol–water partition coefficient (Wildman–Crippen LogP) is 1.11. The highest BCUT2D eigenvalue weighted by Gasteiger charge is 2.14. The van der Waals surface area contributed by atoms with Gasteiger partial charge in [-0.25, -0.2) is 0 Å². The van der Waals surface area contributed by atoms with Gasteiger partial charge in [0.15, 0.2) is 0 Å². The molecule has 0 radical (unpaired) electrons. The molecule has 6 nitrogen and oxygen atoms in total. The molecule has 0 aliphatic heterocycles. The molecule has 1 aromatic carbocycles. The van der Waals surface area contributed by atoms with E-state index < -0.39 is 5.97 Å². The van der Waals surface area contributed by atoms with Gasteiger partial charge in [-0.05, 0) is 6.07 Å². The molecule has 1 heterocycles. The summed E-state index contributed by atoms with van der Waals surface area (Å²) in [5.74, 6) is -0.846. The van der Waals surface area contributed by atoms with Crippen molar-refractivity contribution in [2.75, 3.05) is 26.8 Å². The summed E-state index contributed by atoms with van der Waals surface area (Å²) in [6, 6.07) is 7.94. The van der Waals surface area contributed by atoms with Crippen LogP contribution in [0, 0.1) is 0 Å². The Labute approximate surface area is 117 Å². The summed E-state index contributed by atoms with van der Waals surface area (Å²) in [5.41, 5.74) is 1.94. The molecule has 2 aromatic rings. The van der Waals surface area contributed by atoms with Crippen LogP contribution in [0.5, 0.6) is 0 Å². The zero-order valence-electron chi connectivity index (χ0n) is 11.7. The van der Waals surface area contributed by atoms with Gasteiger partial charge in [-0.1, -0.05) is 18.2 Å². The van der Waals surface area contributed by atoms with Crippen molar-refractivity contribution in [3.8, 4) is 0 Å². The molecule has 108 valence electrons. The van der Waals surface area contributed by atoms with E-state index in [1.807, 2.05) is 40.9 Å². The van der Waals surface area contributed by atoms with E-state index in [0.29, 0.717) is 19.7 Å². The molecule has 0 atom stereocenters. The van der Waals surface area contributed by atoms with Gasteiger partial charge in [-0.2, -0.15) is 5.10 Å². The molecular weight excluding hydrogens is 258 g/mol. The molecule has 1 N–H and O–H groups in total. The summed E-state index contributed by atoms with van der Waals surface area (Å²) in [6.07, 6.45) is 0. The van der Waals surface area contributed by atoms with Gasteiger partial charge in [-0.3, -0.25) is 14.4 Å². The Balaban J connectivity index is 2.21. The fraction of sp³-hybridized carbons (Fsp3) is 0.429. The number of aryl methyl sites for hydroxylation is 1. The summed E-state index contributed by atoms with van der Waals surface area (Å²) < 4.78 is 6.84. The average molecular weight is 277 g/mol. The SMILES string of the molecule is COCCN(CC(=O)O)Cc1nn(C)c2ccccc12. The lowest BCUT2D eigenvalue weighted by Crippen LogP contribution is -2.32. The molecule has 2 rings (SSSR count). The first-order chi connectivity index (χ1) is 9.61. The van der Waals surface area contributed by atoms with Crippen LogP contribution in [0.3, 0.4) is 0 Å². The van der Waals surface area contributed by atoms with Gasteiger partial charge in [-0.15, -0.1) is 0 Å². The third-order valence-corrected chi connectivity index (χ3v) is 3.18. The summed E-state index contributed by atoms with van der Waals surface area (Å²) in [4.78, 5) is 12.7. The van der Waals surface area contributed by atoms with Crippen molar-refractivity contribution in [3.63, 3.8) is 0 Å². The van der Waals surface area contributed by atoms with E-state index in [9.17, 15) is 4.79 Å². The van der Waals surface area contributed by atoms with Gasteiger partial charge in [0.1, 0.15) is 0 Å². The number of benzene rings is 1. The van der Waals surface area contributed by atoms with Gasteiger partial charge in [0.2, 0.25) is 0 Å². The lowest BCUT2D eigenvalue weighted by atomic mass is 10.2. The van der Waals surface area contributed by atoms with Crippen molar-refractivity contribution in [2.24, 2.45) is 7.05 Å². The van der Waals surface area contributed by atoms with Gasteiger partial charge >= 0.3 is 5.97 Å². The first kappa shape index (κ1) is 14.5. The normalized spacial score (nSPS) is 11.3. The standard InChI is InChI=1S/C14H19N3O3/c1-16-13-6-4-3-5-11(13)12(15-16)9-17(7-8-20-2)10-14(18)19/h3-6H,7-10H2,1-2H3,(H,18,19). The highest BCUT2D eigenvalue weighted by Crippen LogP contribution is 2.18. The number of aliphatic carboxylic acids is 1. The fourth-order valence-corrected chi connectivity index (χ4v) is 2.24. The number of carboxylic acids is 1. The van der Waals surface area contributed by atoms with Crippen molar-refractivity contribution < 1.29 is 14.6 Å². The molecule has 0 aliphatic carbocycles. The van der Waals surface area contributed by atoms with E-state index in [0.717, 1.165) is 16.6 Å². The maximum Gasteiger partial charge on any atom is 0.317 e. The fourth-order valence-electron chi connectivity index (χ4n) is 2.24. The van der Waals surface area contributed by atoms with Crippen LogP contribution < -0.4 is 0 Å². The number of carboxylic acid groups (broad SMARTS) is 1. The van der Waals surface area contributed by atoms with Crippen LogP contribution in [0.4, 0.5) is 0 Å². The molecule has 0 bridgehead atoms. The van der Waals surface area contributed by atoms with Gasteiger partial charge in [0, 0.05) is 32.6 Å². The van der Waals surface area contributed by atoms with Crippen molar-refractivity contribution in [1.82, 2.24) is 14.7 Å². The van der Waals surface area contributed by atoms with Crippen LogP contribution in [0.1, 0.15) is 5.69 Å². The molecule has 0 saturated carbocycles. The molecule has 6 heteroatoms. The minimum atomic E-state index is -0.846. The Morgan fingerprint density at radius 2 is 2.20 bits per heavy atom. The number of aromatic nitrogens is 2. The number of ether oxygens (including phenoxy) is 1. The molecule has 0 spiro atoms. The minimum absolute atomic E-state index is 0.0196. The molecular formula is C14H19N3O3. The predicted molar refractivity (Wildman–Crippen MR) is 75.5 cm³/mol. The number of nitrogens with zero attached hydrogens (tertiary/aromatic N) is 3. The van der Waals surface area contributed by atoms with E-state index >= 15 is 0 Å². The van der Waals surface area contributed by atoms with Crippen LogP contribution in [-0.4, -0.2) is 52.6 Å². The second kappa shape index (κ2) is 6.49. The van der Waals surface area contributed by atoms with E-state index in [4.69, 9.17) is 9.84 Å². The Kier molecular flexibility index (Phi) is 4.70. The molecule has 0 saturated heterocycles. The maximum absolute atomic E-state index is 10.9. The summed E-state index contributed by atoms with van der Waals surface area (Å²) in [6.45, 7) is 1.54. The quantitative estimate of drug-likeness (QED) is 0.821. The summed E-state index contributed by atoms with van der Waals surface area (Å²) >= 11 is 0. The zero-order chi connectivity index (χ0) is 14.5. The van der Waals surface area contributed by atoms with Crippen molar-refractivity contribution in [2.45, 2.75) is 6.54 Å². The molecule has 20 heavy (non-hydrogen) atoms. The van der Waals surface area contributed by atoms with E-state index in [2.05, 4.69) is 5.10 Å². The minimum Gasteiger partial charge on any atom is -0.480 e. The molecule has 0 unspecified atom stereocenters. The van der Waals surface area contributed by atoms with E-state index in [1.165, 1.54) is 0 Å². The Morgan fingerprint density at radius 3 is 2.90 bits per heavy atom. The highest BCUT2D eigenvalue weighted by molar-refractivity contribution is 5.81. The van der Waals surface area contributed by atoms with Crippen molar-refractivity contribution in [1.29, 1.82) is 0 Å². The Morgan fingerprint density at radius 1 is 1.45 bits per heavy atom. The van der Waals surface area contributed by atoms with E-state index in [-0.39, 0.29) is 6.54 Å². The lowest BCUT2D eigenvalue weighted by molar-refractivity contribution is -0.138. The third kappa shape index (κ3) is 3.34. The van der Waals surface area contributed by atoms with Crippen LogP contribution >= 0.6 is 0 Å². The number of methoxy groups -OCH3 is 1. The van der Waals surface area contributed by atoms with Crippen LogP contribution in [0.15, 0.2) is 24.3 Å². The van der Waals surface area contributed by atoms with Gasteiger partial charge in [0.25, 0.3) is 0 Å². The zero-order valence-corrected chi connectivity index (χ0v) is 11.7. The second-order valence-corrected chi connectivity index (χ2v) is 4.68. The number of carbonyl (C=O) groups is 1.